The van der Waals surface area contributed by atoms with Gasteiger partial charge in [-0.05, 0) is 0 Å². The van der Waals surface area contributed by atoms with Crippen molar-refractivity contribution in [2.45, 2.75) is 6.04 Å². The summed E-state index contributed by atoms with van der Waals surface area (Å²) < 4.78 is 10.5. The quantitative estimate of drug-likeness (QED) is 0.716. The molecule has 0 aromatic carbocycles. The van der Waals surface area contributed by atoms with Gasteiger partial charge in [-0.25, -0.2) is 0 Å². The van der Waals surface area contributed by atoms with Crippen LogP contribution in [0.25, 0.3) is 0 Å². The number of halogens is 2. The summed E-state index contributed by atoms with van der Waals surface area (Å²) in [5.41, 5.74) is 0. The van der Waals surface area contributed by atoms with Crippen LogP contribution in [0, 0.1) is 0 Å². The van der Waals surface area contributed by atoms with Crippen molar-refractivity contribution >= 4 is 30.7 Å². The first-order chi connectivity index (χ1) is 8.36. The SMILES string of the molecule is Cl.Cl.O=C(NCCN1CCOCC1)C1COCCN1. The van der Waals surface area contributed by atoms with E-state index in [1.165, 1.54) is 0 Å². The molecule has 1 atom stereocenters. The fourth-order valence-electron chi connectivity index (χ4n) is 2.02. The van der Waals surface area contributed by atoms with Gasteiger partial charge in [-0.2, -0.15) is 0 Å². The summed E-state index contributed by atoms with van der Waals surface area (Å²) in [6.07, 6.45) is 0. The van der Waals surface area contributed by atoms with Crippen LogP contribution in [-0.4, -0.2) is 76.0 Å². The van der Waals surface area contributed by atoms with E-state index < -0.39 is 0 Å². The van der Waals surface area contributed by atoms with E-state index in [1.807, 2.05) is 0 Å². The van der Waals surface area contributed by atoms with Crippen molar-refractivity contribution in [2.75, 3.05) is 59.2 Å². The number of hydrogen-bond acceptors (Lipinski definition) is 5. The molecule has 19 heavy (non-hydrogen) atoms. The number of carbonyl (C=O) groups excluding carboxylic acids is 1. The van der Waals surface area contributed by atoms with Crippen LogP contribution in [0.4, 0.5) is 0 Å². The van der Waals surface area contributed by atoms with Gasteiger partial charge in [-0.3, -0.25) is 9.69 Å². The Labute approximate surface area is 126 Å². The van der Waals surface area contributed by atoms with Gasteiger partial charge in [0, 0.05) is 32.7 Å². The number of nitrogens with zero attached hydrogens (tertiary/aromatic N) is 1. The zero-order valence-corrected chi connectivity index (χ0v) is 12.6. The Morgan fingerprint density at radius 1 is 1.21 bits per heavy atom. The van der Waals surface area contributed by atoms with E-state index in [0.29, 0.717) is 19.8 Å². The molecule has 2 N–H and O–H groups in total. The molecular formula is C11H23Cl2N3O3. The Hall–Kier alpha value is -0.110. The van der Waals surface area contributed by atoms with Crippen LogP contribution in [-0.2, 0) is 14.3 Å². The highest BCUT2D eigenvalue weighted by Gasteiger charge is 2.20. The maximum Gasteiger partial charge on any atom is 0.239 e. The summed E-state index contributed by atoms with van der Waals surface area (Å²) in [5, 5.41) is 6.07. The minimum Gasteiger partial charge on any atom is -0.379 e. The largest absolute Gasteiger partial charge is 0.379 e. The molecule has 2 aliphatic rings. The van der Waals surface area contributed by atoms with E-state index in [9.17, 15) is 4.79 Å². The van der Waals surface area contributed by atoms with Gasteiger partial charge in [0.15, 0.2) is 0 Å². The average Bonchev–Trinajstić information content (AvgIpc) is 2.41. The summed E-state index contributed by atoms with van der Waals surface area (Å²) in [6.45, 7) is 7.02. The second-order valence-electron chi connectivity index (χ2n) is 4.33. The molecule has 2 rings (SSSR count). The highest BCUT2D eigenvalue weighted by molar-refractivity contribution is 5.85. The second kappa shape index (κ2) is 10.7. The van der Waals surface area contributed by atoms with Crippen molar-refractivity contribution in [3.63, 3.8) is 0 Å². The molecule has 0 bridgehead atoms. The third kappa shape index (κ3) is 6.74. The topological polar surface area (TPSA) is 62.8 Å². The number of carbonyl (C=O) groups is 1. The monoisotopic (exact) mass is 315 g/mol. The van der Waals surface area contributed by atoms with Crippen molar-refractivity contribution in [1.29, 1.82) is 0 Å². The van der Waals surface area contributed by atoms with E-state index in [0.717, 1.165) is 39.4 Å². The lowest BCUT2D eigenvalue weighted by Gasteiger charge is -2.27. The average molecular weight is 316 g/mol. The second-order valence-corrected chi connectivity index (χ2v) is 4.33. The summed E-state index contributed by atoms with van der Waals surface area (Å²) in [7, 11) is 0. The first kappa shape index (κ1) is 18.9. The van der Waals surface area contributed by atoms with Gasteiger partial charge < -0.3 is 20.1 Å². The molecule has 6 nitrogen and oxygen atoms in total. The van der Waals surface area contributed by atoms with Gasteiger partial charge in [0.05, 0.1) is 26.4 Å². The number of nitrogens with one attached hydrogen (secondary N) is 2. The first-order valence-electron chi connectivity index (χ1n) is 6.25. The fourth-order valence-corrected chi connectivity index (χ4v) is 2.02. The minimum absolute atomic E-state index is 0. The molecular weight excluding hydrogens is 293 g/mol. The van der Waals surface area contributed by atoms with Gasteiger partial charge in [0.1, 0.15) is 6.04 Å². The van der Waals surface area contributed by atoms with Gasteiger partial charge >= 0.3 is 0 Å². The molecule has 0 spiro atoms. The maximum atomic E-state index is 11.7. The molecule has 0 aromatic heterocycles. The lowest BCUT2D eigenvalue weighted by Crippen LogP contribution is -2.52. The van der Waals surface area contributed by atoms with Gasteiger partial charge in [-0.15, -0.1) is 24.8 Å². The smallest absolute Gasteiger partial charge is 0.239 e. The van der Waals surface area contributed by atoms with E-state index in [2.05, 4.69) is 15.5 Å². The first-order valence-corrected chi connectivity index (χ1v) is 6.25. The van der Waals surface area contributed by atoms with E-state index >= 15 is 0 Å². The predicted molar refractivity (Wildman–Crippen MR) is 77.4 cm³/mol. The Morgan fingerprint density at radius 2 is 1.95 bits per heavy atom. The summed E-state index contributed by atoms with van der Waals surface area (Å²) in [5.74, 6) is 0.0398. The molecule has 1 unspecified atom stereocenters. The Kier molecular flexibility index (Phi) is 10.6. The van der Waals surface area contributed by atoms with E-state index in [4.69, 9.17) is 9.47 Å². The van der Waals surface area contributed by atoms with Gasteiger partial charge in [0.2, 0.25) is 5.91 Å². The van der Waals surface area contributed by atoms with E-state index in [-0.39, 0.29) is 36.8 Å². The number of morpholine rings is 2. The molecule has 0 radical (unpaired) electrons. The van der Waals surface area contributed by atoms with Crippen LogP contribution in [0.3, 0.4) is 0 Å². The third-order valence-corrected chi connectivity index (χ3v) is 3.07. The van der Waals surface area contributed by atoms with Crippen LogP contribution < -0.4 is 10.6 Å². The predicted octanol–water partition coefficient (Wildman–Crippen LogP) is -0.733. The Balaban J connectivity index is 0.00000162. The minimum atomic E-state index is -0.187. The van der Waals surface area contributed by atoms with Crippen molar-refractivity contribution in [1.82, 2.24) is 15.5 Å². The normalized spacial score (nSPS) is 23.9. The van der Waals surface area contributed by atoms with Gasteiger partial charge in [0.25, 0.3) is 0 Å². The molecule has 114 valence electrons. The number of hydrogen-bond donors (Lipinski definition) is 2. The van der Waals surface area contributed by atoms with Crippen LogP contribution in [0.2, 0.25) is 0 Å². The molecule has 2 saturated heterocycles. The van der Waals surface area contributed by atoms with E-state index in [1.54, 1.807) is 0 Å². The lowest BCUT2D eigenvalue weighted by molar-refractivity contribution is -0.126. The zero-order chi connectivity index (χ0) is 11.9. The van der Waals surface area contributed by atoms with Gasteiger partial charge in [-0.1, -0.05) is 0 Å². The fraction of sp³-hybridized carbons (Fsp3) is 0.909. The molecule has 0 aliphatic carbocycles. The number of ether oxygens (including phenoxy) is 2. The molecule has 1 amide bonds. The molecule has 0 aromatic rings. The highest BCUT2D eigenvalue weighted by Crippen LogP contribution is 1.96. The molecule has 2 heterocycles. The lowest BCUT2D eigenvalue weighted by atomic mass is 10.2. The highest BCUT2D eigenvalue weighted by atomic mass is 35.5. The standard InChI is InChI=1S/C11H21N3O3.2ClH/c15-11(10-9-17-6-2-12-10)13-1-3-14-4-7-16-8-5-14;;/h10,12H,1-9H2,(H,13,15);2*1H. The summed E-state index contributed by atoms with van der Waals surface area (Å²) >= 11 is 0. The van der Waals surface area contributed by atoms with Crippen LogP contribution in [0.5, 0.6) is 0 Å². The zero-order valence-electron chi connectivity index (χ0n) is 10.9. The molecule has 8 heteroatoms. The summed E-state index contributed by atoms with van der Waals surface area (Å²) in [4.78, 5) is 14.0. The number of amides is 1. The Bertz CT molecular complexity index is 247. The van der Waals surface area contributed by atoms with Crippen molar-refractivity contribution in [3.8, 4) is 0 Å². The third-order valence-electron chi connectivity index (χ3n) is 3.07. The van der Waals surface area contributed by atoms with Crippen LogP contribution in [0.1, 0.15) is 0 Å². The molecule has 0 saturated carbocycles. The summed E-state index contributed by atoms with van der Waals surface area (Å²) in [6, 6.07) is -0.187. The molecule has 2 fully saturated rings. The van der Waals surface area contributed by atoms with Crippen LogP contribution >= 0.6 is 24.8 Å². The van der Waals surface area contributed by atoms with Crippen molar-refractivity contribution in [3.05, 3.63) is 0 Å². The van der Waals surface area contributed by atoms with Crippen LogP contribution in [0.15, 0.2) is 0 Å². The number of rotatable bonds is 4. The molecule has 2 aliphatic heterocycles. The van der Waals surface area contributed by atoms with Crippen molar-refractivity contribution in [2.24, 2.45) is 0 Å². The Morgan fingerprint density at radius 3 is 2.58 bits per heavy atom. The maximum absolute atomic E-state index is 11.7. The van der Waals surface area contributed by atoms with Crippen molar-refractivity contribution < 1.29 is 14.3 Å².